The number of non-ortho nitro benzene ring substituents is 1. The van der Waals surface area contributed by atoms with Gasteiger partial charge in [-0.2, -0.15) is 0 Å². The van der Waals surface area contributed by atoms with E-state index in [0.717, 1.165) is 24.0 Å². The first-order valence-corrected chi connectivity index (χ1v) is 6.16. The van der Waals surface area contributed by atoms with E-state index in [-0.39, 0.29) is 11.1 Å². The van der Waals surface area contributed by atoms with Crippen molar-refractivity contribution < 1.29 is 10.1 Å². The molecule has 1 aromatic rings. The molecule has 0 bridgehead atoms. The summed E-state index contributed by atoms with van der Waals surface area (Å²) in [6.07, 6.45) is 5.22. The smallest absolute Gasteiger partial charge is 0.270 e. The lowest BCUT2D eigenvalue weighted by molar-refractivity contribution is -0.384. The zero-order valence-electron chi connectivity index (χ0n) is 9.93. The Morgan fingerprint density at radius 2 is 2.06 bits per heavy atom. The molecule has 0 aromatic heterocycles. The summed E-state index contributed by atoms with van der Waals surface area (Å²) in [6, 6.07) is 4.94. The van der Waals surface area contributed by atoms with Crippen molar-refractivity contribution in [3.63, 3.8) is 0 Å². The molecule has 3 rings (SSSR count). The number of nitrogens with zero attached hydrogens (tertiary/aromatic N) is 2. The van der Waals surface area contributed by atoms with Gasteiger partial charge in [0, 0.05) is 29.5 Å². The normalized spacial score (nSPS) is 22.6. The summed E-state index contributed by atoms with van der Waals surface area (Å²) in [5, 5.41) is 23.3. The summed E-state index contributed by atoms with van der Waals surface area (Å²) in [6.45, 7) is 0. The second-order valence-electron chi connectivity index (χ2n) is 5.20. The van der Waals surface area contributed by atoms with Crippen LogP contribution in [-0.4, -0.2) is 15.8 Å². The van der Waals surface area contributed by atoms with Crippen molar-refractivity contribution in [2.24, 2.45) is 5.16 Å². The van der Waals surface area contributed by atoms with Crippen molar-refractivity contribution in [2.45, 2.75) is 37.5 Å². The summed E-state index contributed by atoms with van der Waals surface area (Å²) < 4.78 is 0. The minimum Gasteiger partial charge on any atom is -0.411 e. The molecule has 1 aromatic carbocycles. The van der Waals surface area contributed by atoms with E-state index in [0.29, 0.717) is 12.1 Å². The van der Waals surface area contributed by atoms with Crippen LogP contribution in [0, 0.1) is 10.1 Å². The van der Waals surface area contributed by atoms with E-state index in [9.17, 15) is 10.1 Å². The van der Waals surface area contributed by atoms with E-state index in [2.05, 4.69) is 5.16 Å². The Morgan fingerprint density at radius 3 is 2.67 bits per heavy atom. The van der Waals surface area contributed by atoms with Crippen LogP contribution in [0.2, 0.25) is 0 Å². The number of nitro groups is 1. The Labute approximate surface area is 104 Å². The molecule has 0 unspecified atom stereocenters. The van der Waals surface area contributed by atoms with Gasteiger partial charge in [-0.15, -0.1) is 0 Å². The number of hydrogen-bond donors (Lipinski definition) is 1. The van der Waals surface area contributed by atoms with Gasteiger partial charge >= 0.3 is 0 Å². The average molecular weight is 246 g/mol. The van der Waals surface area contributed by atoms with Crippen molar-refractivity contribution >= 4 is 11.4 Å². The lowest BCUT2D eigenvalue weighted by Gasteiger charge is -2.23. The molecule has 1 saturated carbocycles. The summed E-state index contributed by atoms with van der Waals surface area (Å²) in [4.78, 5) is 10.4. The van der Waals surface area contributed by atoms with Gasteiger partial charge in [0.25, 0.3) is 5.69 Å². The van der Waals surface area contributed by atoms with Crippen molar-refractivity contribution in [3.8, 4) is 0 Å². The Balaban J connectivity index is 2.16. The molecule has 1 spiro atoms. The first-order valence-electron chi connectivity index (χ1n) is 6.16. The maximum absolute atomic E-state index is 10.8. The van der Waals surface area contributed by atoms with Gasteiger partial charge in [-0.25, -0.2) is 0 Å². The van der Waals surface area contributed by atoms with Gasteiger partial charge in [0.05, 0.1) is 10.6 Å². The van der Waals surface area contributed by atoms with E-state index in [1.807, 2.05) is 6.07 Å². The van der Waals surface area contributed by atoms with Gasteiger partial charge < -0.3 is 5.21 Å². The van der Waals surface area contributed by atoms with Gasteiger partial charge in [-0.05, 0) is 18.4 Å². The highest BCUT2D eigenvalue weighted by atomic mass is 16.6. The third-order valence-electron chi connectivity index (χ3n) is 4.28. The summed E-state index contributed by atoms with van der Waals surface area (Å²) in [7, 11) is 0. The fourth-order valence-corrected chi connectivity index (χ4v) is 3.45. The SMILES string of the molecule is O=[N+]([O-])c1ccc2c(c1)/C(=N/O)CC21CCCC1. The van der Waals surface area contributed by atoms with Crippen LogP contribution in [0.4, 0.5) is 5.69 Å². The molecule has 1 N–H and O–H groups in total. The van der Waals surface area contributed by atoms with Crippen molar-refractivity contribution in [3.05, 3.63) is 39.4 Å². The first-order chi connectivity index (χ1) is 8.66. The van der Waals surface area contributed by atoms with Crippen LogP contribution in [0.25, 0.3) is 0 Å². The molecule has 0 aliphatic heterocycles. The Bertz CT molecular complexity index is 545. The predicted molar refractivity (Wildman–Crippen MR) is 66.2 cm³/mol. The maximum atomic E-state index is 10.8. The standard InChI is InChI=1S/C13H14N2O3/c16-14-12-8-13(5-1-2-6-13)11-4-3-9(15(17)18)7-10(11)12/h3-4,7,16H,1-2,5-6,8H2/b14-12+. The van der Waals surface area contributed by atoms with Crippen LogP contribution in [-0.2, 0) is 5.41 Å². The summed E-state index contributed by atoms with van der Waals surface area (Å²) >= 11 is 0. The monoisotopic (exact) mass is 246 g/mol. The minimum absolute atomic E-state index is 0.0601. The molecule has 5 nitrogen and oxygen atoms in total. The van der Waals surface area contributed by atoms with Crippen LogP contribution >= 0.6 is 0 Å². The fourth-order valence-electron chi connectivity index (χ4n) is 3.45. The number of nitro benzene ring substituents is 1. The lowest BCUT2D eigenvalue weighted by atomic mass is 9.80. The van der Waals surface area contributed by atoms with Crippen LogP contribution in [0.3, 0.4) is 0 Å². The highest BCUT2D eigenvalue weighted by Crippen LogP contribution is 2.50. The molecular weight excluding hydrogens is 232 g/mol. The largest absolute Gasteiger partial charge is 0.411 e. The lowest BCUT2D eigenvalue weighted by Crippen LogP contribution is -2.18. The Hall–Kier alpha value is -1.91. The Morgan fingerprint density at radius 1 is 1.33 bits per heavy atom. The molecule has 2 aliphatic rings. The van der Waals surface area contributed by atoms with Crippen LogP contribution < -0.4 is 0 Å². The van der Waals surface area contributed by atoms with E-state index in [1.54, 1.807) is 6.07 Å². The van der Waals surface area contributed by atoms with Gasteiger partial charge in [0.15, 0.2) is 0 Å². The van der Waals surface area contributed by atoms with E-state index >= 15 is 0 Å². The number of hydrogen-bond acceptors (Lipinski definition) is 4. The molecular formula is C13H14N2O3. The molecule has 0 saturated heterocycles. The van der Waals surface area contributed by atoms with E-state index in [4.69, 9.17) is 5.21 Å². The molecule has 2 aliphatic carbocycles. The molecule has 0 atom stereocenters. The zero-order valence-corrected chi connectivity index (χ0v) is 9.93. The number of rotatable bonds is 1. The van der Waals surface area contributed by atoms with Gasteiger partial charge in [0.2, 0.25) is 0 Å². The van der Waals surface area contributed by atoms with E-state index in [1.165, 1.54) is 18.9 Å². The molecule has 0 heterocycles. The highest BCUT2D eigenvalue weighted by molar-refractivity contribution is 6.06. The third kappa shape index (κ3) is 1.43. The molecule has 0 amide bonds. The van der Waals surface area contributed by atoms with Crippen molar-refractivity contribution in [2.75, 3.05) is 0 Å². The second kappa shape index (κ2) is 3.80. The predicted octanol–water partition coefficient (Wildman–Crippen LogP) is 2.99. The van der Waals surface area contributed by atoms with Crippen LogP contribution in [0.1, 0.15) is 43.2 Å². The molecule has 94 valence electrons. The molecule has 0 radical (unpaired) electrons. The highest BCUT2D eigenvalue weighted by Gasteiger charge is 2.44. The number of oxime groups is 1. The van der Waals surface area contributed by atoms with Gasteiger partial charge in [-0.1, -0.05) is 24.1 Å². The van der Waals surface area contributed by atoms with Gasteiger partial charge in [-0.3, -0.25) is 10.1 Å². The number of fused-ring (bicyclic) bond motifs is 2. The topological polar surface area (TPSA) is 75.7 Å². The van der Waals surface area contributed by atoms with Crippen molar-refractivity contribution in [1.29, 1.82) is 0 Å². The minimum atomic E-state index is -0.408. The van der Waals surface area contributed by atoms with Crippen LogP contribution in [0.5, 0.6) is 0 Å². The maximum Gasteiger partial charge on any atom is 0.270 e. The van der Waals surface area contributed by atoms with E-state index < -0.39 is 4.92 Å². The van der Waals surface area contributed by atoms with Crippen LogP contribution in [0.15, 0.2) is 23.4 Å². The summed E-state index contributed by atoms with van der Waals surface area (Å²) in [5.41, 5.74) is 2.60. The zero-order chi connectivity index (χ0) is 12.8. The van der Waals surface area contributed by atoms with Gasteiger partial charge in [0.1, 0.15) is 0 Å². The fraction of sp³-hybridized carbons (Fsp3) is 0.462. The first kappa shape index (κ1) is 11.2. The number of benzene rings is 1. The molecule has 18 heavy (non-hydrogen) atoms. The quantitative estimate of drug-likeness (QED) is 0.470. The molecule has 1 fully saturated rings. The third-order valence-corrected chi connectivity index (χ3v) is 4.28. The Kier molecular flexibility index (Phi) is 2.36. The average Bonchev–Trinajstić information content (AvgIpc) is 2.96. The van der Waals surface area contributed by atoms with Crippen molar-refractivity contribution in [1.82, 2.24) is 0 Å². The second-order valence-corrected chi connectivity index (χ2v) is 5.20. The molecule has 5 heteroatoms. The summed E-state index contributed by atoms with van der Waals surface area (Å²) in [5.74, 6) is 0.